The summed E-state index contributed by atoms with van der Waals surface area (Å²) >= 11 is 1.49. The van der Waals surface area contributed by atoms with Gasteiger partial charge in [0.1, 0.15) is 17.2 Å². The third kappa shape index (κ3) is 2.95. The third-order valence-corrected chi connectivity index (χ3v) is 3.45. The number of hydrogen-bond acceptors (Lipinski definition) is 4. The number of para-hydroxylation sites is 1. The summed E-state index contributed by atoms with van der Waals surface area (Å²) in [7, 11) is 0. The van der Waals surface area contributed by atoms with Crippen molar-refractivity contribution in [3.8, 4) is 5.75 Å². The molecular weight excluding hydrogens is 252 g/mol. The molecule has 2 amide bonds. The van der Waals surface area contributed by atoms with E-state index in [1.807, 2.05) is 24.5 Å². The van der Waals surface area contributed by atoms with E-state index >= 15 is 0 Å². The summed E-state index contributed by atoms with van der Waals surface area (Å²) in [5.41, 5.74) is 0. The quantitative estimate of drug-likeness (QED) is 0.756. The van der Waals surface area contributed by atoms with Gasteiger partial charge in [-0.1, -0.05) is 18.2 Å². The van der Waals surface area contributed by atoms with Gasteiger partial charge < -0.3 is 15.4 Å². The molecule has 6 heteroatoms. The number of β-lactam (4-membered cyclic amide) rings is 1. The monoisotopic (exact) mass is 266 g/mol. The number of nitrogens with one attached hydrogen (secondary N) is 2. The van der Waals surface area contributed by atoms with Crippen LogP contribution in [0.2, 0.25) is 0 Å². The average molecular weight is 266 g/mol. The van der Waals surface area contributed by atoms with Gasteiger partial charge in [0.2, 0.25) is 5.91 Å². The zero-order valence-corrected chi connectivity index (χ0v) is 10.7. The van der Waals surface area contributed by atoms with E-state index in [0.717, 1.165) is 0 Å². The van der Waals surface area contributed by atoms with Crippen molar-refractivity contribution in [1.82, 2.24) is 10.6 Å². The van der Waals surface area contributed by atoms with Gasteiger partial charge in [0, 0.05) is 0 Å². The normalized spacial score (nSPS) is 21.7. The van der Waals surface area contributed by atoms with Gasteiger partial charge in [-0.05, 0) is 18.4 Å². The Labute approximate surface area is 109 Å². The number of ether oxygens (including phenoxy) is 1. The Hall–Kier alpha value is -1.69. The largest absolute Gasteiger partial charge is 0.484 e. The Morgan fingerprint density at radius 2 is 2.17 bits per heavy atom. The van der Waals surface area contributed by atoms with Gasteiger partial charge in [-0.2, -0.15) is 0 Å². The van der Waals surface area contributed by atoms with Crippen LogP contribution in [0.25, 0.3) is 0 Å². The summed E-state index contributed by atoms with van der Waals surface area (Å²) in [6, 6.07) is 8.62. The zero-order chi connectivity index (χ0) is 13.0. The molecule has 0 aromatic heterocycles. The molecule has 2 N–H and O–H groups in total. The van der Waals surface area contributed by atoms with Crippen LogP contribution >= 0.6 is 11.8 Å². The summed E-state index contributed by atoms with van der Waals surface area (Å²) in [5.74, 6) is 0.187. The molecule has 0 radical (unpaired) electrons. The fourth-order valence-electron chi connectivity index (χ4n) is 1.57. The number of hydrogen-bond donors (Lipinski definition) is 2. The van der Waals surface area contributed by atoms with Crippen molar-refractivity contribution in [2.24, 2.45) is 0 Å². The number of thioether (sulfide) groups is 1. The molecule has 96 valence electrons. The van der Waals surface area contributed by atoms with Gasteiger partial charge in [0.25, 0.3) is 5.91 Å². The first-order valence-corrected chi connectivity index (χ1v) is 6.80. The first kappa shape index (κ1) is 12.8. The molecule has 1 heterocycles. The Morgan fingerprint density at radius 1 is 1.44 bits per heavy atom. The van der Waals surface area contributed by atoms with Gasteiger partial charge in [-0.25, -0.2) is 0 Å². The van der Waals surface area contributed by atoms with Crippen molar-refractivity contribution in [3.05, 3.63) is 30.3 Å². The van der Waals surface area contributed by atoms with E-state index in [1.54, 1.807) is 12.1 Å². The molecule has 1 aliphatic rings. The van der Waals surface area contributed by atoms with E-state index in [9.17, 15) is 9.59 Å². The molecule has 1 aromatic rings. The Kier molecular flexibility index (Phi) is 4.09. The van der Waals surface area contributed by atoms with Gasteiger partial charge in [0.05, 0.1) is 0 Å². The lowest BCUT2D eigenvalue weighted by Crippen LogP contribution is -2.68. The van der Waals surface area contributed by atoms with Gasteiger partial charge in [0.15, 0.2) is 6.61 Å². The summed E-state index contributed by atoms with van der Waals surface area (Å²) in [6.45, 7) is -0.0884. The standard InChI is InChI=1S/C12H14N2O3S/c1-18-12-10(11(16)14-12)13-9(15)7-17-8-5-3-2-4-6-8/h2-6,10,12H,7H2,1H3,(H,13,15)(H,14,16)/t10-,12-/m1/s1. The minimum atomic E-state index is -0.452. The number of carbonyl (C=O) groups excluding carboxylic acids is 2. The third-order valence-electron chi connectivity index (χ3n) is 2.55. The molecule has 1 saturated heterocycles. The van der Waals surface area contributed by atoms with Crippen LogP contribution in [0.15, 0.2) is 30.3 Å². The van der Waals surface area contributed by atoms with E-state index in [2.05, 4.69) is 10.6 Å². The maximum absolute atomic E-state index is 11.6. The second-order valence-electron chi connectivity index (χ2n) is 3.81. The van der Waals surface area contributed by atoms with Gasteiger partial charge in [-0.3, -0.25) is 9.59 Å². The van der Waals surface area contributed by atoms with E-state index < -0.39 is 6.04 Å². The van der Waals surface area contributed by atoms with Crippen LogP contribution in [0.4, 0.5) is 0 Å². The van der Waals surface area contributed by atoms with Crippen LogP contribution in [0.1, 0.15) is 0 Å². The van der Waals surface area contributed by atoms with Crippen LogP contribution in [-0.2, 0) is 9.59 Å². The van der Waals surface area contributed by atoms with Crippen LogP contribution in [0.5, 0.6) is 5.75 Å². The van der Waals surface area contributed by atoms with E-state index in [-0.39, 0.29) is 23.8 Å². The molecule has 0 unspecified atom stereocenters. The smallest absolute Gasteiger partial charge is 0.258 e. The minimum absolute atomic E-state index is 0.0434. The van der Waals surface area contributed by atoms with Crippen molar-refractivity contribution in [2.45, 2.75) is 11.4 Å². The molecule has 2 atom stereocenters. The molecule has 1 aromatic carbocycles. The highest BCUT2D eigenvalue weighted by molar-refractivity contribution is 7.99. The van der Waals surface area contributed by atoms with E-state index in [0.29, 0.717) is 5.75 Å². The zero-order valence-electron chi connectivity index (χ0n) is 9.88. The van der Waals surface area contributed by atoms with Crippen molar-refractivity contribution in [1.29, 1.82) is 0 Å². The number of benzene rings is 1. The molecule has 0 saturated carbocycles. The average Bonchev–Trinajstić information content (AvgIpc) is 2.41. The molecule has 0 aliphatic carbocycles. The van der Waals surface area contributed by atoms with Crippen LogP contribution in [0.3, 0.4) is 0 Å². The summed E-state index contributed by atoms with van der Waals surface area (Å²) in [4.78, 5) is 22.8. The van der Waals surface area contributed by atoms with Crippen LogP contribution < -0.4 is 15.4 Å². The Morgan fingerprint density at radius 3 is 2.78 bits per heavy atom. The lowest BCUT2D eigenvalue weighted by Gasteiger charge is -2.35. The molecule has 0 spiro atoms. The molecule has 1 fully saturated rings. The summed E-state index contributed by atoms with van der Waals surface area (Å²) in [5, 5.41) is 5.29. The van der Waals surface area contributed by atoms with Gasteiger partial charge >= 0.3 is 0 Å². The van der Waals surface area contributed by atoms with Crippen LogP contribution in [0, 0.1) is 0 Å². The van der Waals surface area contributed by atoms with Crippen LogP contribution in [-0.4, -0.2) is 36.1 Å². The fraction of sp³-hybridized carbons (Fsp3) is 0.333. The Bertz CT molecular complexity index is 438. The molecular formula is C12H14N2O3S. The second-order valence-corrected chi connectivity index (χ2v) is 4.79. The second kappa shape index (κ2) is 5.77. The number of amides is 2. The van der Waals surface area contributed by atoms with Crippen molar-refractivity contribution in [3.63, 3.8) is 0 Å². The van der Waals surface area contributed by atoms with Crippen molar-refractivity contribution < 1.29 is 14.3 Å². The highest BCUT2D eigenvalue weighted by Gasteiger charge is 2.39. The molecule has 2 rings (SSSR count). The van der Waals surface area contributed by atoms with Crippen molar-refractivity contribution >= 4 is 23.6 Å². The predicted octanol–water partition coefficient (Wildman–Crippen LogP) is 0.369. The van der Waals surface area contributed by atoms with E-state index in [4.69, 9.17) is 4.74 Å². The molecule has 1 aliphatic heterocycles. The summed E-state index contributed by atoms with van der Waals surface area (Å²) in [6.07, 6.45) is 1.88. The fourth-order valence-corrected chi connectivity index (χ4v) is 2.27. The molecule has 0 bridgehead atoms. The molecule has 5 nitrogen and oxygen atoms in total. The Balaban J connectivity index is 1.77. The van der Waals surface area contributed by atoms with Gasteiger partial charge in [-0.15, -0.1) is 11.8 Å². The number of rotatable bonds is 5. The maximum atomic E-state index is 11.6. The van der Waals surface area contributed by atoms with Crippen molar-refractivity contribution in [2.75, 3.05) is 12.9 Å². The topological polar surface area (TPSA) is 67.4 Å². The maximum Gasteiger partial charge on any atom is 0.258 e. The number of carbonyl (C=O) groups is 2. The minimum Gasteiger partial charge on any atom is -0.484 e. The first-order chi connectivity index (χ1) is 8.70. The summed E-state index contributed by atoms with van der Waals surface area (Å²) < 4.78 is 5.29. The molecule has 18 heavy (non-hydrogen) atoms. The predicted molar refractivity (Wildman–Crippen MR) is 69.3 cm³/mol. The highest BCUT2D eigenvalue weighted by Crippen LogP contribution is 2.16. The van der Waals surface area contributed by atoms with E-state index in [1.165, 1.54) is 11.8 Å². The lowest BCUT2D eigenvalue weighted by molar-refractivity contribution is -0.134. The SMILES string of the molecule is CS[C@H]1NC(=O)[C@H]1NC(=O)COc1ccccc1. The highest BCUT2D eigenvalue weighted by atomic mass is 32.2. The first-order valence-electron chi connectivity index (χ1n) is 5.51. The lowest BCUT2D eigenvalue weighted by atomic mass is 10.1.